The Morgan fingerprint density at radius 1 is 1.06 bits per heavy atom. The smallest absolute Gasteiger partial charge is 0.356 e. The summed E-state index contributed by atoms with van der Waals surface area (Å²) in [6, 6.07) is 18.4. The zero-order valence-electron chi connectivity index (χ0n) is 17.6. The third-order valence-electron chi connectivity index (χ3n) is 5.77. The van der Waals surface area contributed by atoms with Crippen LogP contribution >= 0.6 is 35.3 Å². The lowest BCUT2D eigenvalue weighted by molar-refractivity contribution is -0.152. The number of amides is 1. The number of benzene rings is 2. The molecule has 2 fully saturated rings. The molecule has 2 aromatic rings. The van der Waals surface area contributed by atoms with Crippen LogP contribution in [-0.4, -0.2) is 50.1 Å². The topological polar surface area (TPSA) is 89.7 Å². The summed E-state index contributed by atoms with van der Waals surface area (Å²) in [5.41, 5.74) is 7.91. The van der Waals surface area contributed by atoms with Crippen LogP contribution in [0.4, 0.5) is 0 Å². The normalized spacial score (nSPS) is 24.7. The molecule has 5 rings (SSSR count). The summed E-state index contributed by atoms with van der Waals surface area (Å²) < 4.78 is 6.08. The van der Waals surface area contributed by atoms with E-state index < -0.39 is 18.1 Å². The number of hydrogen-bond donors (Lipinski definition) is 1. The first-order valence-corrected chi connectivity index (χ1v) is 13.5. The van der Waals surface area contributed by atoms with Crippen molar-refractivity contribution >= 4 is 52.3 Å². The van der Waals surface area contributed by atoms with Gasteiger partial charge in [-0.05, 0) is 17.5 Å². The zero-order valence-corrected chi connectivity index (χ0v) is 20.0. The van der Waals surface area contributed by atoms with E-state index in [4.69, 9.17) is 10.5 Å². The minimum atomic E-state index is -0.632. The number of carbonyl (C=O) groups excluding carboxylic acids is 3. The van der Waals surface area contributed by atoms with Gasteiger partial charge in [0.2, 0.25) is 11.0 Å². The molecular formula is C24H22N2O4S3. The Kier molecular flexibility index (Phi) is 6.56. The van der Waals surface area contributed by atoms with E-state index in [0.29, 0.717) is 10.7 Å². The summed E-state index contributed by atoms with van der Waals surface area (Å²) >= 11 is 4.23. The van der Waals surface area contributed by atoms with Crippen molar-refractivity contribution in [2.24, 2.45) is 5.73 Å². The number of hydrogen-bond acceptors (Lipinski definition) is 8. The maximum atomic E-state index is 13.6. The van der Waals surface area contributed by atoms with E-state index in [1.54, 1.807) is 0 Å². The molecule has 0 bridgehead atoms. The van der Waals surface area contributed by atoms with Crippen molar-refractivity contribution in [2.45, 2.75) is 29.2 Å². The molecule has 2 aromatic carbocycles. The fourth-order valence-corrected chi connectivity index (χ4v) is 8.01. The fourth-order valence-electron chi connectivity index (χ4n) is 4.07. The molecule has 1 unspecified atom stereocenters. The molecule has 2 saturated heterocycles. The minimum absolute atomic E-state index is 0.116. The Morgan fingerprint density at radius 2 is 1.70 bits per heavy atom. The summed E-state index contributed by atoms with van der Waals surface area (Å²) in [5, 5.41) is -0.385. The van der Waals surface area contributed by atoms with Gasteiger partial charge in [0.15, 0.2) is 6.10 Å². The van der Waals surface area contributed by atoms with E-state index in [1.165, 1.54) is 40.2 Å². The first kappa shape index (κ1) is 22.6. The van der Waals surface area contributed by atoms with Crippen LogP contribution < -0.4 is 5.73 Å². The second kappa shape index (κ2) is 9.58. The number of fused-ring (bicyclic) bond motifs is 1. The van der Waals surface area contributed by atoms with Crippen LogP contribution in [0.2, 0.25) is 0 Å². The molecule has 33 heavy (non-hydrogen) atoms. The highest BCUT2D eigenvalue weighted by molar-refractivity contribution is 8.17. The first-order chi connectivity index (χ1) is 16.0. The van der Waals surface area contributed by atoms with Crippen LogP contribution in [0, 0.1) is 0 Å². The summed E-state index contributed by atoms with van der Waals surface area (Å²) in [7, 11) is 0. The van der Waals surface area contributed by atoms with E-state index in [2.05, 4.69) is 0 Å². The van der Waals surface area contributed by atoms with Crippen LogP contribution in [0.15, 0.2) is 71.3 Å². The fraction of sp³-hybridized carbons (Fsp3) is 0.292. The molecule has 3 atom stereocenters. The Balaban J connectivity index is 1.49. The molecule has 0 saturated carbocycles. The van der Waals surface area contributed by atoms with Crippen LogP contribution in [0.1, 0.15) is 23.7 Å². The number of thioether (sulfide) groups is 3. The van der Waals surface area contributed by atoms with Crippen LogP contribution in [0.5, 0.6) is 0 Å². The van der Waals surface area contributed by atoms with Gasteiger partial charge >= 0.3 is 5.97 Å². The molecule has 170 valence electrons. The van der Waals surface area contributed by atoms with Gasteiger partial charge in [0.25, 0.3) is 0 Å². The SMILES string of the molecule is N[C@@H]1C(=O)N2C(C(=O)OC(c3ccccc3)c3ccccc3)=C(SC3CCSC3=O)CS[C@H]12. The van der Waals surface area contributed by atoms with Gasteiger partial charge in [-0.2, -0.15) is 0 Å². The molecule has 3 aliphatic rings. The van der Waals surface area contributed by atoms with Crippen LogP contribution in [0.3, 0.4) is 0 Å². The molecule has 0 aliphatic carbocycles. The predicted molar refractivity (Wildman–Crippen MR) is 132 cm³/mol. The van der Waals surface area contributed by atoms with Gasteiger partial charge in [-0.15, -0.1) is 23.5 Å². The lowest BCUT2D eigenvalue weighted by Gasteiger charge is -2.48. The standard InChI is InChI=1S/C24H22N2O4S3/c25-18-21(27)26-19(17(13-32-22(18)26)33-16-11-12-31-24(16)29)23(28)30-20(14-7-3-1-4-8-14)15-9-5-2-6-10-15/h1-10,16,18,20,22H,11-13,25H2/t16?,18-,22-/m1/s1. The molecular weight excluding hydrogens is 476 g/mol. The number of nitrogens with zero attached hydrogens (tertiary/aromatic N) is 1. The van der Waals surface area contributed by atoms with Crippen molar-refractivity contribution < 1.29 is 19.1 Å². The third kappa shape index (κ3) is 4.35. The lowest BCUT2D eigenvalue weighted by atomic mass is 10.0. The Morgan fingerprint density at radius 3 is 2.27 bits per heavy atom. The third-order valence-corrected chi connectivity index (χ3v) is 9.77. The molecule has 3 aliphatic heterocycles. The van der Waals surface area contributed by atoms with Crippen molar-refractivity contribution in [2.75, 3.05) is 11.5 Å². The summed E-state index contributed by atoms with van der Waals surface area (Å²) in [6.45, 7) is 0. The van der Waals surface area contributed by atoms with E-state index in [9.17, 15) is 14.4 Å². The van der Waals surface area contributed by atoms with Gasteiger partial charge in [0.05, 0.1) is 5.25 Å². The lowest BCUT2D eigenvalue weighted by Crippen LogP contribution is -2.68. The maximum absolute atomic E-state index is 13.6. The van der Waals surface area contributed by atoms with Crippen molar-refractivity contribution in [3.63, 3.8) is 0 Å². The zero-order chi connectivity index (χ0) is 22.9. The first-order valence-electron chi connectivity index (χ1n) is 10.6. The molecule has 6 nitrogen and oxygen atoms in total. The van der Waals surface area contributed by atoms with Crippen molar-refractivity contribution in [3.8, 4) is 0 Å². The molecule has 2 N–H and O–H groups in total. The van der Waals surface area contributed by atoms with Crippen molar-refractivity contribution in [1.82, 2.24) is 4.90 Å². The van der Waals surface area contributed by atoms with Gasteiger partial charge in [0.1, 0.15) is 17.1 Å². The van der Waals surface area contributed by atoms with Gasteiger partial charge in [-0.3, -0.25) is 14.5 Å². The number of rotatable bonds is 6. The molecule has 9 heteroatoms. The van der Waals surface area contributed by atoms with E-state index in [1.807, 2.05) is 60.7 Å². The van der Waals surface area contributed by atoms with Gasteiger partial charge < -0.3 is 10.5 Å². The quantitative estimate of drug-likeness (QED) is 0.478. The summed E-state index contributed by atoms with van der Waals surface area (Å²) in [4.78, 5) is 40.7. The average molecular weight is 499 g/mol. The molecule has 0 aromatic heterocycles. The summed E-state index contributed by atoms with van der Waals surface area (Å²) in [5.74, 6) is 0.434. The predicted octanol–water partition coefficient (Wildman–Crippen LogP) is 3.54. The Labute approximate surface area is 204 Å². The molecule has 3 heterocycles. The number of ether oxygens (including phenoxy) is 1. The number of esters is 1. The van der Waals surface area contributed by atoms with Crippen LogP contribution in [-0.2, 0) is 19.1 Å². The van der Waals surface area contributed by atoms with Gasteiger partial charge in [0, 0.05) is 16.4 Å². The number of carbonyl (C=O) groups is 3. The molecule has 0 radical (unpaired) electrons. The van der Waals surface area contributed by atoms with E-state index in [0.717, 1.165) is 23.3 Å². The van der Waals surface area contributed by atoms with Crippen molar-refractivity contribution in [3.05, 3.63) is 82.4 Å². The maximum Gasteiger partial charge on any atom is 0.356 e. The largest absolute Gasteiger partial charge is 0.448 e. The molecule has 1 amide bonds. The molecule has 0 spiro atoms. The average Bonchev–Trinajstić information content (AvgIpc) is 3.26. The number of β-lactam (4-membered cyclic amide) rings is 1. The van der Waals surface area contributed by atoms with Crippen LogP contribution in [0.25, 0.3) is 0 Å². The summed E-state index contributed by atoms with van der Waals surface area (Å²) in [6.07, 6.45) is 0.124. The highest BCUT2D eigenvalue weighted by Gasteiger charge is 2.52. The monoisotopic (exact) mass is 498 g/mol. The Hall–Kier alpha value is -2.20. The van der Waals surface area contributed by atoms with Crippen molar-refractivity contribution in [1.29, 1.82) is 0 Å². The van der Waals surface area contributed by atoms with E-state index >= 15 is 0 Å². The number of nitrogens with two attached hydrogens (primary N) is 1. The minimum Gasteiger partial charge on any atom is -0.448 e. The Bertz CT molecular complexity index is 1070. The second-order valence-electron chi connectivity index (χ2n) is 7.88. The highest BCUT2D eigenvalue weighted by Crippen LogP contribution is 2.46. The second-order valence-corrected chi connectivity index (χ2v) is 11.4. The van der Waals surface area contributed by atoms with Gasteiger partial charge in [-0.25, -0.2) is 4.79 Å². The van der Waals surface area contributed by atoms with Gasteiger partial charge in [-0.1, -0.05) is 72.4 Å². The highest BCUT2D eigenvalue weighted by atomic mass is 32.2. The van der Waals surface area contributed by atoms with E-state index in [-0.39, 0.29) is 27.3 Å².